The van der Waals surface area contributed by atoms with E-state index in [1.165, 1.54) is 122 Å². The van der Waals surface area contributed by atoms with Gasteiger partial charge in [0, 0.05) is 75.4 Å². The number of aliphatic imine (C=N–C) groups is 1. The second-order valence-corrected chi connectivity index (χ2v) is 55.9. The third kappa shape index (κ3) is 57.6. The number of rotatable bonds is 12. The van der Waals surface area contributed by atoms with Gasteiger partial charge in [-0.15, -0.1) is 0 Å². The number of ether oxygens (including phenoxy) is 2. The number of carbonyl (C=O) groups excluding carboxylic acids is 1. The lowest BCUT2D eigenvalue weighted by molar-refractivity contribution is -0.137. The molecule has 7 heterocycles. The number of nitrogens with zero attached hydrogens (tertiary/aromatic N) is 9. The summed E-state index contributed by atoms with van der Waals surface area (Å²) in [5.41, 5.74) is 16.9. The van der Waals surface area contributed by atoms with Gasteiger partial charge in [0.25, 0.3) is 0 Å². The van der Waals surface area contributed by atoms with Gasteiger partial charge in [-0.1, -0.05) is 333 Å². The second-order valence-electron chi connectivity index (χ2n) is 55.9. The van der Waals surface area contributed by atoms with Crippen molar-refractivity contribution in [2.45, 2.75) is 389 Å². The van der Waals surface area contributed by atoms with E-state index in [1.807, 2.05) is 73.9 Å². The molecule has 7 aliphatic rings. The number of carbonyl (C=O) groups is 1. The zero-order chi connectivity index (χ0) is 108. The molecule has 4 aliphatic heterocycles. The zero-order valence-electron chi connectivity index (χ0n) is 96.9. The number of likely N-dealkylation sites (tertiary alicyclic amines) is 1. The molecule has 3 aliphatic carbocycles. The van der Waals surface area contributed by atoms with Crippen molar-refractivity contribution in [3.05, 3.63) is 239 Å². The highest BCUT2D eigenvalue weighted by Crippen LogP contribution is 2.58. The van der Waals surface area contributed by atoms with Crippen molar-refractivity contribution in [1.82, 2.24) is 39.6 Å². The number of likely N-dealkylation sites (N-methyl/N-ethyl adjacent to an activating group) is 1. The molecule has 12 nitrogen and oxygen atoms in total. The normalized spacial score (nSPS) is 16.5. The highest BCUT2D eigenvalue weighted by molar-refractivity contribution is 5.94. The summed E-state index contributed by atoms with van der Waals surface area (Å²) in [4.78, 5) is 43.7. The molecule has 2 saturated heterocycles. The van der Waals surface area contributed by atoms with Gasteiger partial charge in [0.1, 0.15) is 11.6 Å². The first-order valence-electron chi connectivity index (χ1n) is 53.8. The molecule has 1 amide bonds. The first kappa shape index (κ1) is 125. The predicted octanol–water partition coefficient (Wildman–Crippen LogP) is 34.4. The third-order valence-electron chi connectivity index (χ3n) is 25.5. The van der Waals surface area contributed by atoms with Crippen molar-refractivity contribution >= 4 is 17.3 Å². The molecule has 3 saturated carbocycles. The van der Waals surface area contributed by atoms with Gasteiger partial charge >= 0.3 is 6.18 Å². The summed E-state index contributed by atoms with van der Waals surface area (Å²) in [5, 5.41) is 0. The number of benzene rings is 5. The van der Waals surface area contributed by atoms with Crippen LogP contribution in [0.1, 0.15) is 381 Å². The van der Waals surface area contributed by atoms with E-state index in [-0.39, 0.29) is 28.0 Å². The van der Waals surface area contributed by atoms with Gasteiger partial charge in [0.15, 0.2) is 11.5 Å². The maximum absolute atomic E-state index is 12.5. The lowest BCUT2D eigenvalue weighted by Crippen LogP contribution is -2.49. The Morgan fingerprint density at radius 2 is 0.832 bits per heavy atom. The number of hydrogen-bond acceptors (Lipinski definition) is 11. The number of para-hydroxylation sites is 1. The van der Waals surface area contributed by atoms with E-state index in [0.717, 1.165) is 153 Å². The molecule has 16 heteroatoms. The largest absolute Gasteiger partial charge is 0.454 e. The fourth-order valence-corrected chi connectivity index (χ4v) is 19.5. The monoisotopic (exact) mass is 1970 g/mol. The molecule has 0 N–H and O–H groups in total. The van der Waals surface area contributed by atoms with Crippen molar-refractivity contribution in [1.29, 1.82) is 0 Å². The SMILES string of the molecule is CC(C)(C)CC1=Nc2ccccc2C1.CC(C)(C)CC1CC2(CCCCC2)C1.CC(C)(C)Cc1ccc(C(F)(F)F)cc1.CC(C)(C)Cc1ccc(F)cc1.CC(C)(C)Cc1ccc2c(c1)OCO2.CC(C)(C)Cc1ccccc1.CC(C)(C)Cc1ccccn1.CC(C)(C)Cc1ncccn1.CN1CCC2(CC1)CC(CC(C)(C)C)C2.CN1CCN(CCC(C)(C)C)CC1=O.Cc1cnc(CC(C)(C)C)cn1. The molecule has 0 radical (unpaired) electrons. The van der Waals surface area contributed by atoms with E-state index in [2.05, 4.69) is 348 Å². The van der Waals surface area contributed by atoms with Gasteiger partial charge in [-0.2, -0.15) is 13.2 Å². The summed E-state index contributed by atoms with van der Waals surface area (Å²) in [6.07, 6.45) is 34.8. The lowest BCUT2D eigenvalue weighted by Gasteiger charge is -2.53. The van der Waals surface area contributed by atoms with Crippen molar-refractivity contribution in [2.24, 2.45) is 87.2 Å². The number of fused-ring (bicyclic) bond motifs is 2. The molecule has 143 heavy (non-hydrogen) atoms. The number of alkyl halides is 3. The fraction of sp³-hybridized carbons (Fsp3) is 0.646. The van der Waals surface area contributed by atoms with E-state index in [1.54, 1.807) is 50.2 Å². The number of amides is 1. The summed E-state index contributed by atoms with van der Waals surface area (Å²) in [7, 11) is 4.14. The Kier molecular flexibility index (Phi) is 48.8. The Hall–Kier alpha value is -8.21. The number of piperazine rings is 1. The van der Waals surface area contributed by atoms with Crippen LogP contribution in [-0.2, 0) is 62.3 Å². The third-order valence-corrected chi connectivity index (χ3v) is 25.5. The Bertz CT molecular complexity index is 4730. The lowest BCUT2D eigenvalue weighted by atomic mass is 9.54. The molecule has 798 valence electrons. The minimum Gasteiger partial charge on any atom is -0.454 e. The Morgan fingerprint density at radius 3 is 1.28 bits per heavy atom. The summed E-state index contributed by atoms with van der Waals surface area (Å²) in [6, 6.07) is 45.2. The molecule has 5 fully saturated rings. The molecule has 8 aromatic rings. The Labute approximate surface area is 870 Å². The standard InChI is InChI=1S/C14H27N.C14H26.C13H17N.C12H15F3.C12H16O2.C11H15F.C11H22N2O.C11H16.C10H16N2.C10H15N.C9H14N2/c1-13(2,3)9-12-10-14(11-12)5-7-15(4)8-6-14;1-13(2,3)9-12-10-14(11-12)7-5-4-6-8-14;1-13(2,3)9-11-8-10-6-4-5-7-12(10)14-11;1-11(2,3)8-9-4-6-10(7-5-9)12(13,14)15;1-12(2,3)7-9-4-5-10-11(6-9)14-8-13-10;1-11(2,3)8-9-4-6-10(12)7-5-9;1-11(2,3)5-6-13-8-7-12(4)10(14)9-13;1-11(2,3)9-10-7-5-4-6-8-10;1-8-6-12-9(7-11-8)5-10(2,3)4;1-10(2,3)8-9-6-4-5-7-11-9;1-9(2,3)7-8-10-5-4-6-11-8/h12H,5-11H2,1-4H3;12H,4-11H2,1-3H3;4-7H,8-9H2,1-3H3;4-7H,8H2,1-3H3;4-6H,7-8H2,1-3H3;4-7H,8H2,1-3H3;5-9H2,1-4H3;4-8H,9H2,1-3H3;6-7H,5H2,1-4H3;4-7H,8H2,1-3H3;4-6H,7H2,1-3H3. The molecule has 0 unspecified atom stereocenters. The van der Waals surface area contributed by atoms with Crippen LogP contribution < -0.4 is 9.47 Å². The van der Waals surface area contributed by atoms with E-state index in [4.69, 9.17) is 9.47 Å². The van der Waals surface area contributed by atoms with Crippen LogP contribution in [0.25, 0.3) is 0 Å². The van der Waals surface area contributed by atoms with E-state index >= 15 is 0 Å². The summed E-state index contributed by atoms with van der Waals surface area (Å²) < 4.78 is 59.9. The summed E-state index contributed by atoms with van der Waals surface area (Å²) in [6.45, 7) is 82.4. The molecule has 3 aromatic heterocycles. The minimum atomic E-state index is -4.24. The first-order chi connectivity index (χ1) is 65.7. The van der Waals surface area contributed by atoms with Gasteiger partial charge in [-0.25, -0.2) is 14.4 Å². The Balaban J connectivity index is 0.000000278. The molecule has 0 bridgehead atoms. The van der Waals surface area contributed by atoms with Crippen LogP contribution in [0.2, 0.25) is 0 Å². The number of halogens is 4. The van der Waals surface area contributed by atoms with Crippen LogP contribution >= 0.6 is 0 Å². The van der Waals surface area contributed by atoms with Gasteiger partial charge in [0.2, 0.25) is 12.7 Å². The highest BCUT2D eigenvalue weighted by atomic mass is 19.4. The fourth-order valence-electron chi connectivity index (χ4n) is 19.5. The summed E-state index contributed by atoms with van der Waals surface area (Å²) >= 11 is 0. The maximum atomic E-state index is 12.5. The van der Waals surface area contributed by atoms with E-state index < -0.39 is 11.7 Å². The van der Waals surface area contributed by atoms with Crippen molar-refractivity contribution in [2.75, 3.05) is 60.2 Å². The number of piperidine rings is 1. The highest BCUT2D eigenvalue weighted by Gasteiger charge is 2.47. The maximum Gasteiger partial charge on any atom is 0.416 e. The molecule has 5 aromatic carbocycles. The molecule has 0 atom stereocenters. The number of hydrogen-bond donors (Lipinski definition) is 0. The molecular formula is C127H199F4N9O3. The van der Waals surface area contributed by atoms with E-state index in [9.17, 15) is 22.4 Å². The average Bonchev–Trinajstić information content (AvgIpc) is 1.68. The quantitative estimate of drug-likeness (QED) is 0.109. The number of aryl methyl sites for hydroxylation is 1. The smallest absolute Gasteiger partial charge is 0.416 e. The minimum absolute atomic E-state index is 0.0970. The topological polar surface area (TPSA) is 122 Å². The first-order valence-corrected chi connectivity index (χ1v) is 53.8. The van der Waals surface area contributed by atoms with Gasteiger partial charge in [-0.05, 0) is 320 Å². The molecular weight excluding hydrogens is 1780 g/mol. The molecule has 15 rings (SSSR count). The van der Waals surface area contributed by atoms with Crippen LogP contribution in [0.3, 0.4) is 0 Å². The van der Waals surface area contributed by atoms with Crippen LogP contribution in [0.5, 0.6) is 11.5 Å². The van der Waals surface area contributed by atoms with Gasteiger partial charge in [-0.3, -0.25) is 29.6 Å². The van der Waals surface area contributed by atoms with Crippen LogP contribution in [0.15, 0.2) is 182 Å². The van der Waals surface area contributed by atoms with Crippen molar-refractivity contribution in [3.63, 3.8) is 0 Å². The predicted molar refractivity (Wildman–Crippen MR) is 600 cm³/mol. The van der Waals surface area contributed by atoms with Crippen LogP contribution in [0, 0.1) is 95.0 Å². The van der Waals surface area contributed by atoms with Crippen molar-refractivity contribution < 1.29 is 31.8 Å². The van der Waals surface area contributed by atoms with Crippen LogP contribution in [0.4, 0.5) is 23.2 Å². The van der Waals surface area contributed by atoms with Gasteiger partial charge < -0.3 is 19.3 Å². The van der Waals surface area contributed by atoms with Crippen molar-refractivity contribution in [3.8, 4) is 11.5 Å². The zero-order valence-corrected chi connectivity index (χ0v) is 96.9. The number of pyridine rings is 1. The van der Waals surface area contributed by atoms with E-state index in [0.29, 0.717) is 56.7 Å². The second kappa shape index (κ2) is 55.7. The Morgan fingerprint density at radius 1 is 0.392 bits per heavy atom. The molecule has 2 spiro atoms. The number of aromatic nitrogens is 5. The van der Waals surface area contributed by atoms with Crippen LogP contribution in [-0.4, -0.2) is 111 Å². The summed E-state index contributed by atoms with van der Waals surface area (Å²) in [5.74, 6) is 4.87. The van der Waals surface area contributed by atoms with Gasteiger partial charge in [0.05, 0.1) is 29.2 Å². The average molecular weight is 1980 g/mol.